The van der Waals surface area contributed by atoms with Crippen LogP contribution in [0.3, 0.4) is 0 Å². The summed E-state index contributed by atoms with van der Waals surface area (Å²) >= 11 is 6.26. The van der Waals surface area contributed by atoms with Gasteiger partial charge in [0.2, 0.25) is 0 Å². The zero-order valence-electron chi connectivity index (χ0n) is 15.3. The molecule has 3 heterocycles. The quantitative estimate of drug-likeness (QED) is 0.480. The molecule has 5 rings (SSSR count). The molecule has 5 aromatic rings. The number of benzene rings is 2. The Kier molecular flexibility index (Phi) is 4.18. The van der Waals surface area contributed by atoms with Gasteiger partial charge in [-0.2, -0.15) is 0 Å². The maximum Gasteiger partial charge on any atom is 0.267 e. The van der Waals surface area contributed by atoms with Gasteiger partial charge in [0, 0.05) is 0 Å². The summed E-state index contributed by atoms with van der Waals surface area (Å²) in [5, 5.41) is 0.462. The number of imidazole rings is 1. The summed E-state index contributed by atoms with van der Waals surface area (Å²) in [4.78, 5) is 30.4. The number of halogens is 2. The Bertz CT molecular complexity index is 1490. The number of nitrogen functional groups attached to an aromatic ring is 1. The van der Waals surface area contributed by atoms with Crippen molar-refractivity contribution < 1.29 is 4.39 Å². The minimum absolute atomic E-state index is 0.0744. The molecule has 0 atom stereocenters. The van der Waals surface area contributed by atoms with Crippen molar-refractivity contribution in [2.24, 2.45) is 0 Å². The molecule has 0 aliphatic carbocycles. The van der Waals surface area contributed by atoms with Crippen LogP contribution in [0.2, 0.25) is 5.02 Å². The lowest BCUT2D eigenvalue weighted by atomic mass is 10.2. The number of fused-ring (bicyclic) bond motifs is 2. The first-order valence-corrected chi connectivity index (χ1v) is 9.29. The molecule has 2 N–H and O–H groups in total. The third-order valence-corrected chi connectivity index (χ3v) is 5.07. The van der Waals surface area contributed by atoms with E-state index in [9.17, 15) is 9.18 Å². The fourth-order valence-corrected chi connectivity index (χ4v) is 3.64. The van der Waals surface area contributed by atoms with Crippen molar-refractivity contribution in [3.8, 4) is 5.69 Å². The van der Waals surface area contributed by atoms with E-state index < -0.39 is 11.4 Å². The molecular weight excluding hydrogens is 409 g/mol. The highest BCUT2D eigenvalue weighted by Gasteiger charge is 2.18. The summed E-state index contributed by atoms with van der Waals surface area (Å²) in [6.07, 6.45) is 2.85. The number of hydrogen-bond acceptors (Lipinski definition) is 6. The molecule has 10 heteroatoms. The summed E-state index contributed by atoms with van der Waals surface area (Å²) in [6, 6.07) is 11.0. The lowest BCUT2D eigenvalue weighted by molar-refractivity contribution is 0.607. The number of para-hydroxylation sites is 1. The van der Waals surface area contributed by atoms with Crippen LogP contribution in [-0.2, 0) is 6.54 Å². The van der Waals surface area contributed by atoms with Crippen LogP contribution >= 0.6 is 11.6 Å². The second-order valence-electron chi connectivity index (χ2n) is 6.56. The molecule has 3 aromatic heterocycles. The predicted octanol–water partition coefficient (Wildman–Crippen LogP) is 2.95. The average molecular weight is 422 g/mol. The average Bonchev–Trinajstić information content (AvgIpc) is 3.13. The Morgan fingerprint density at radius 1 is 1.07 bits per heavy atom. The van der Waals surface area contributed by atoms with Gasteiger partial charge in [0.05, 0.1) is 34.5 Å². The summed E-state index contributed by atoms with van der Waals surface area (Å²) in [7, 11) is 0. The fraction of sp³-hybridized carbons (Fsp3) is 0.0500. The molecule has 0 saturated carbocycles. The SMILES string of the molecule is Nc1ncnc2c1ncn2Cc1nc2cccc(Cl)c2c(=O)n1-c1ccccc1F. The van der Waals surface area contributed by atoms with Gasteiger partial charge in [-0.05, 0) is 24.3 Å². The molecule has 0 saturated heterocycles. The van der Waals surface area contributed by atoms with Crippen LogP contribution in [0.15, 0.2) is 59.9 Å². The molecule has 0 aliphatic rings. The first-order valence-electron chi connectivity index (χ1n) is 8.91. The predicted molar refractivity (Wildman–Crippen MR) is 111 cm³/mol. The highest BCUT2D eigenvalue weighted by atomic mass is 35.5. The monoisotopic (exact) mass is 421 g/mol. The van der Waals surface area contributed by atoms with E-state index in [4.69, 9.17) is 17.3 Å². The van der Waals surface area contributed by atoms with Gasteiger partial charge in [-0.1, -0.05) is 29.8 Å². The third-order valence-electron chi connectivity index (χ3n) is 4.75. The molecule has 30 heavy (non-hydrogen) atoms. The van der Waals surface area contributed by atoms with Crippen molar-refractivity contribution >= 4 is 39.5 Å². The zero-order valence-corrected chi connectivity index (χ0v) is 16.1. The van der Waals surface area contributed by atoms with E-state index >= 15 is 0 Å². The lowest BCUT2D eigenvalue weighted by Gasteiger charge is -2.15. The number of nitrogens with two attached hydrogens (primary N) is 1. The van der Waals surface area contributed by atoms with Crippen molar-refractivity contribution in [2.45, 2.75) is 6.54 Å². The van der Waals surface area contributed by atoms with E-state index in [1.807, 2.05) is 0 Å². The molecule has 0 fully saturated rings. The van der Waals surface area contributed by atoms with Crippen LogP contribution in [0.1, 0.15) is 5.82 Å². The van der Waals surface area contributed by atoms with E-state index in [0.717, 1.165) is 0 Å². The summed E-state index contributed by atoms with van der Waals surface area (Å²) in [5.41, 5.74) is 6.78. The molecule has 148 valence electrons. The maximum absolute atomic E-state index is 14.6. The third kappa shape index (κ3) is 2.79. The lowest BCUT2D eigenvalue weighted by Crippen LogP contribution is -2.26. The van der Waals surface area contributed by atoms with Gasteiger partial charge in [0.1, 0.15) is 23.5 Å². The number of rotatable bonds is 3. The van der Waals surface area contributed by atoms with Gasteiger partial charge >= 0.3 is 0 Å². The Hall–Kier alpha value is -3.85. The van der Waals surface area contributed by atoms with E-state index in [1.54, 1.807) is 34.9 Å². The Morgan fingerprint density at radius 3 is 2.73 bits per heavy atom. The van der Waals surface area contributed by atoms with Crippen LogP contribution < -0.4 is 11.3 Å². The highest BCUT2D eigenvalue weighted by Crippen LogP contribution is 2.22. The van der Waals surface area contributed by atoms with Crippen molar-refractivity contribution in [3.63, 3.8) is 0 Å². The van der Waals surface area contributed by atoms with Crippen LogP contribution in [0.5, 0.6) is 0 Å². The van der Waals surface area contributed by atoms with Gasteiger partial charge in [-0.15, -0.1) is 0 Å². The van der Waals surface area contributed by atoms with Gasteiger partial charge in [0.25, 0.3) is 5.56 Å². The summed E-state index contributed by atoms with van der Waals surface area (Å²) < 4.78 is 17.5. The first kappa shape index (κ1) is 18.2. The Morgan fingerprint density at radius 2 is 1.90 bits per heavy atom. The smallest absolute Gasteiger partial charge is 0.267 e. The van der Waals surface area contributed by atoms with Crippen molar-refractivity contribution in [3.05, 3.63) is 82.1 Å². The van der Waals surface area contributed by atoms with E-state index in [2.05, 4.69) is 19.9 Å². The molecule has 0 aliphatic heterocycles. The molecule has 0 unspecified atom stereocenters. The van der Waals surface area contributed by atoms with Gasteiger partial charge < -0.3 is 10.3 Å². The fourth-order valence-electron chi connectivity index (χ4n) is 3.39. The van der Waals surface area contributed by atoms with E-state index in [0.29, 0.717) is 16.7 Å². The number of nitrogens with zero attached hydrogens (tertiary/aromatic N) is 6. The maximum atomic E-state index is 14.6. The molecule has 8 nitrogen and oxygen atoms in total. The Labute approximate surface area is 173 Å². The molecule has 0 bridgehead atoms. The van der Waals surface area contributed by atoms with Crippen molar-refractivity contribution in [2.75, 3.05) is 5.73 Å². The molecule has 0 radical (unpaired) electrons. The van der Waals surface area contributed by atoms with Gasteiger partial charge in [-0.25, -0.2) is 24.3 Å². The van der Waals surface area contributed by atoms with Gasteiger partial charge in [-0.3, -0.25) is 9.36 Å². The number of aromatic nitrogens is 6. The first-order chi connectivity index (χ1) is 14.5. The normalized spacial score (nSPS) is 11.4. The number of anilines is 1. The van der Waals surface area contributed by atoms with Crippen molar-refractivity contribution in [1.82, 2.24) is 29.1 Å². The minimum atomic E-state index is -0.559. The molecular formula is C20H13ClFN7O. The van der Waals surface area contributed by atoms with Crippen LogP contribution in [-0.4, -0.2) is 29.1 Å². The van der Waals surface area contributed by atoms with Crippen molar-refractivity contribution in [1.29, 1.82) is 0 Å². The second-order valence-corrected chi connectivity index (χ2v) is 6.96. The highest BCUT2D eigenvalue weighted by molar-refractivity contribution is 6.35. The van der Waals surface area contributed by atoms with Crippen LogP contribution in [0, 0.1) is 5.82 Å². The summed E-state index contributed by atoms with van der Waals surface area (Å²) in [5.74, 6) is -0.0315. The zero-order chi connectivity index (χ0) is 20.8. The van der Waals surface area contributed by atoms with Crippen LogP contribution in [0.25, 0.3) is 27.8 Å². The van der Waals surface area contributed by atoms with E-state index in [1.165, 1.54) is 29.4 Å². The topological polar surface area (TPSA) is 105 Å². The summed E-state index contributed by atoms with van der Waals surface area (Å²) in [6.45, 7) is 0.0962. The van der Waals surface area contributed by atoms with Gasteiger partial charge in [0.15, 0.2) is 11.5 Å². The molecule has 2 aromatic carbocycles. The molecule has 0 amide bonds. The number of hydrogen-bond donors (Lipinski definition) is 1. The Balaban J connectivity index is 1.80. The van der Waals surface area contributed by atoms with Crippen LogP contribution in [0.4, 0.5) is 10.2 Å². The standard InChI is InChI=1S/C20H13ClFN7O/c21-11-4-3-6-13-16(11)20(30)29(14-7-2-1-5-12(14)22)15(27-13)8-28-10-26-17-18(23)24-9-25-19(17)28/h1-7,9-10H,8H2,(H2,23,24,25). The second kappa shape index (κ2) is 6.89. The largest absolute Gasteiger partial charge is 0.382 e. The van der Waals surface area contributed by atoms with E-state index in [-0.39, 0.29) is 34.3 Å². The minimum Gasteiger partial charge on any atom is -0.382 e. The molecule has 0 spiro atoms.